The van der Waals surface area contributed by atoms with Crippen molar-refractivity contribution in [3.63, 3.8) is 0 Å². The predicted molar refractivity (Wildman–Crippen MR) is 102 cm³/mol. The maximum atomic E-state index is 5.82. The summed E-state index contributed by atoms with van der Waals surface area (Å²) < 4.78 is 0. The number of nitrogens with zero attached hydrogens (tertiary/aromatic N) is 3. The Hall–Kier alpha value is -0.940. The lowest BCUT2D eigenvalue weighted by molar-refractivity contribution is 0.381. The van der Waals surface area contributed by atoms with E-state index in [1.165, 1.54) is 11.3 Å². The van der Waals surface area contributed by atoms with Crippen LogP contribution in [0, 0.1) is 5.92 Å². The van der Waals surface area contributed by atoms with Crippen LogP contribution in [0.3, 0.4) is 0 Å². The van der Waals surface area contributed by atoms with Crippen molar-refractivity contribution in [1.29, 1.82) is 0 Å². The number of guanidine groups is 1. The van der Waals surface area contributed by atoms with E-state index >= 15 is 0 Å². The third-order valence-corrected chi connectivity index (χ3v) is 5.69. The van der Waals surface area contributed by atoms with Crippen LogP contribution in [0.5, 0.6) is 0 Å². The van der Waals surface area contributed by atoms with Crippen molar-refractivity contribution < 1.29 is 0 Å². The molecule has 1 aliphatic heterocycles. The number of rotatable bonds is 5. The molecule has 23 heavy (non-hydrogen) atoms. The molecule has 1 unspecified atom stereocenters. The molecule has 0 radical (unpaired) electrons. The second-order valence-corrected chi connectivity index (χ2v) is 7.81. The van der Waals surface area contributed by atoms with Gasteiger partial charge in [0.05, 0.1) is 0 Å². The van der Waals surface area contributed by atoms with E-state index in [1.807, 2.05) is 18.3 Å². The first-order valence-electron chi connectivity index (χ1n) is 8.35. The highest BCUT2D eigenvalue weighted by Gasteiger charge is 2.24. The normalized spacial score (nSPS) is 19.3. The minimum atomic E-state index is 0.538. The molecule has 0 bridgehead atoms. The van der Waals surface area contributed by atoms with Gasteiger partial charge in [-0.25, -0.2) is 4.98 Å². The van der Waals surface area contributed by atoms with Crippen molar-refractivity contribution in [2.24, 2.45) is 10.9 Å². The van der Waals surface area contributed by atoms with Gasteiger partial charge in [-0.15, -0.1) is 0 Å². The molecule has 1 N–H and O–H groups in total. The first-order valence-corrected chi connectivity index (χ1v) is 9.78. The zero-order chi connectivity index (χ0) is 16.7. The summed E-state index contributed by atoms with van der Waals surface area (Å²) in [5.74, 6) is 2.92. The van der Waals surface area contributed by atoms with Crippen molar-refractivity contribution >= 4 is 29.3 Å². The van der Waals surface area contributed by atoms with Crippen LogP contribution in [0.25, 0.3) is 0 Å². The molecule has 0 aromatic carbocycles. The summed E-state index contributed by atoms with van der Waals surface area (Å²) >= 11 is 7.91. The van der Waals surface area contributed by atoms with Gasteiger partial charge in [0.1, 0.15) is 5.15 Å². The fraction of sp³-hybridized carbons (Fsp3) is 0.647. The number of nitrogens with one attached hydrogen (secondary N) is 1. The van der Waals surface area contributed by atoms with Crippen LogP contribution in [0.15, 0.2) is 23.3 Å². The summed E-state index contributed by atoms with van der Waals surface area (Å²) in [6.45, 7) is 10.5. The van der Waals surface area contributed by atoms with Crippen LogP contribution < -0.4 is 5.32 Å². The average Bonchev–Trinajstić information content (AvgIpc) is 2.56. The van der Waals surface area contributed by atoms with Crippen LogP contribution in [0.4, 0.5) is 0 Å². The Morgan fingerprint density at radius 2 is 2.35 bits per heavy atom. The third kappa shape index (κ3) is 5.88. The smallest absolute Gasteiger partial charge is 0.193 e. The van der Waals surface area contributed by atoms with Gasteiger partial charge >= 0.3 is 0 Å². The average molecular weight is 355 g/mol. The van der Waals surface area contributed by atoms with E-state index in [0.717, 1.165) is 38.6 Å². The fourth-order valence-electron chi connectivity index (χ4n) is 2.54. The Morgan fingerprint density at radius 3 is 3.00 bits per heavy atom. The zero-order valence-electron chi connectivity index (χ0n) is 14.3. The molecule has 1 aromatic rings. The quantitative estimate of drug-likeness (QED) is 0.500. The van der Waals surface area contributed by atoms with Gasteiger partial charge in [0.15, 0.2) is 5.96 Å². The molecule has 0 amide bonds. The monoisotopic (exact) mass is 354 g/mol. The van der Waals surface area contributed by atoms with Gasteiger partial charge in [-0.3, -0.25) is 4.99 Å². The highest BCUT2D eigenvalue weighted by Crippen LogP contribution is 2.24. The molecular formula is C17H27ClN4S. The highest BCUT2D eigenvalue weighted by molar-refractivity contribution is 8.00. The van der Waals surface area contributed by atoms with Crippen LogP contribution in [0.2, 0.25) is 5.15 Å². The van der Waals surface area contributed by atoms with E-state index in [0.29, 0.717) is 16.3 Å². The number of halogens is 1. The molecule has 1 saturated heterocycles. The number of pyridine rings is 1. The van der Waals surface area contributed by atoms with Gasteiger partial charge in [0, 0.05) is 43.4 Å². The number of aromatic nitrogens is 1. The highest BCUT2D eigenvalue weighted by atomic mass is 35.5. The van der Waals surface area contributed by atoms with Crippen LogP contribution in [0.1, 0.15) is 26.3 Å². The van der Waals surface area contributed by atoms with Crippen molar-refractivity contribution in [3.8, 4) is 0 Å². The molecule has 2 heterocycles. The maximum Gasteiger partial charge on any atom is 0.193 e. The summed E-state index contributed by atoms with van der Waals surface area (Å²) in [5.41, 5.74) is 1.17. The van der Waals surface area contributed by atoms with E-state index in [-0.39, 0.29) is 0 Å². The fourth-order valence-corrected chi connectivity index (χ4v) is 3.95. The second-order valence-electron chi connectivity index (χ2n) is 6.07. The summed E-state index contributed by atoms with van der Waals surface area (Å²) in [5, 5.41) is 4.66. The number of thioether (sulfide) groups is 1. The van der Waals surface area contributed by atoms with Gasteiger partial charge in [0.2, 0.25) is 0 Å². The molecule has 128 valence electrons. The lowest BCUT2D eigenvalue weighted by atomic mass is 10.1. The molecule has 0 spiro atoms. The molecule has 1 atom stereocenters. The van der Waals surface area contributed by atoms with E-state index in [2.05, 4.69) is 47.7 Å². The van der Waals surface area contributed by atoms with E-state index in [4.69, 9.17) is 16.6 Å². The summed E-state index contributed by atoms with van der Waals surface area (Å²) in [6, 6.07) is 3.85. The van der Waals surface area contributed by atoms with E-state index in [1.54, 1.807) is 0 Å². The van der Waals surface area contributed by atoms with Gasteiger partial charge in [0.25, 0.3) is 0 Å². The van der Waals surface area contributed by atoms with Crippen molar-refractivity contribution in [2.75, 3.05) is 31.9 Å². The van der Waals surface area contributed by atoms with Crippen LogP contribution in [-0.4, -0.2) is 53.0 Å². The Morgan fingerprint density at radius 1 is 1.52 bits per heavy atom. The Balaban J connectivity index is 1.95. The predicted octanol–water partition coefficient (Wildman–Crippen LogP) is 3.32. The number of hydrogen-bond donors (Lipinski definition) is 1. The lowest BCUT2D eigenvalue weighted by Gasteiger charge is -2.36. The lowest BCUT2D eigenvalue weighted by Crippen LogP contribution is -2.49. The molecular weight excluding hydrogens is 328 g/mol. The minimum absolute atomic E-state index is 0.538. The zero-order valence-corrected chi connectivity index (χ0v) is 15.8. The molecule has 1 aromatic heterocycles. The third-order valence-electron chi connectivity index (χ3n) is 3.92. The molecule has 4 nitrogen and oxygen atoms in total. The second kappa shape index (κ2) is 9.38. The Kier molecular flexibility index (Phi) is 7.50. The molecule has 1 fully saturated rings. The van der Waals surface area contributed by atoms with Gasteiger partial charge in [-0.1, -0.05) is 31.5 Å². The Bertz CT molecular complexity index is 504. The first kappa shape index (κ1) is 18.4. The maximum absolute atomic E-state index is 5.82. The van der Waals surface area contributed by atoms with Crippen molar-refractivity contribution in [1.82, 2.24) is 15.2 Å². The molecule has 1 aliphatic rings. The van der Waals surface area contributed by atoms with Gasteiger partial charge in [-0.05, 0) is 30.9 Å². The number of hydrogen-bond acceptors (Lipinski definition) is 3. The standard InChI is InChI=1S/C17H27ClN4S/c1-4-19-17(22-9-10-23-15(12-22)13(2)3)20-8-7-14-5-6-16(18)21-11-14/h5-6,11,13,15H,4,7-10,12H2,1-3H3,(H,19,20). The molecule has 2 rings (SSSR count). The Labute approximate surface area is 149 Å². The van der Waals surface area contributed by atoms with Crippen molar-refractivity contribution in [2.45, 2.75) is 32.4 Å². The van der Waals surface area contributed by atoms with Crippen LogP contribution >= 0.6 is 23.4 Å². The summed E-state index contributed by atoms with van der Waals surface area (Å²) in [6.07, 6.45) is 2.71. The van der Waals surface area contributed by atoms with Gasteiger partial charge < -0.3 is 10.2 Å². The molecule has 0 aliphatic carbocycles. The molecule has 0 saturated carbocycles. The first-order chi connectivity index (χ1) is 11.1. The molecule has 6 heteroatoms. The number of aliphatic imine (C=N–C) groups is 1. The van der Waals surface area contributed by atoms with E-state index < -0.39 is 0 Å². The van der Waals surface area contributed by atoms with Crippen molar-refractivity contribution in [3.05, 3.63) is 29.0 Å². The summed E-state index contributed by atoms with van der Waals surface area (Å²) in [7, 11) is 0. The van der Waals surface area contributed by atoms with Gasteiger partial charge in [-0.2, -0.15) is 11.8 Å². The van der Waals surface area contributed by atoms with Crippen LogP contribution in [-0.2, 0) is 6.42 Å². The largest absolute Gasteiger partial charge is 0.357 e. The SMILES string of the molecule is CCNC(=NCCc1ccc(Cl)nc1)N1CCSC(C(C)C)C1. The topological polar surface area (TPSA) is 40.5 Å². The minimum Gasteiger partial charge on any atom is -0.357 e. The summed E-state index contributed by atoms with van der Waals surface area (Å²) in [4.78, 5) is 11.3. The van der Waals surface area contributed by atoms with E-state index in [9.17, 15) is 0 Å².